The summed E-state index contributed by atoms with van der Waals surface area (Å²) in [7, 11) is 1.31. The molecule has 0 saturated carbocycles. The average molecular weight is 267 g/mol. The van der Waals surface area contributed by atoms with Gasteiger partial charge in [0.25, 0.3) is 0 Å². The molecular formula is C10H19ClN2O4. The summed E-state index contributed by atoms with van der Waals surface area (Å²) >= 11 is 0. The van der Waals surface area contributed by atoms with Gasteiger partial charge in [-0.05, 0) is 20.3 Å². The zero-order chi connectivity index (χ0) is 12.1. The molecule has 17 heavy (non-hydrogen) atoms. The number of ether oxygens (including phenoxy) is 2. The Bertz CT molecular complexity index is 273. The molecule has 1 rings (SSSR count). The number of hydrogen-bond acceptors (Lipinski definition) is 5. The molecular weight excluding hydrogens is 248 g/mol. The quantitative estimate of drug-likeness (QED) is 0.725. The Balaban J connectivity index is 0.00000256. The Kier molecular flexibility index (Phi) is 6.91. The molecule has 1 fully saturated rings. The van der Waals surface area contributed by atoms with Crippen molar-refractivity contribution < 1.29 is 19.1 Å². The van der Waals surface area contributed by atoms with Gasteiger partial charge in [0.1, 0.15) is 6.04 Å². The van der Waals surface area contributed by atoms with Crippen molar-refractivity contribution in [2.75, 3.05) is 13.7 Å². The summed E-state index contributed by atoms with van der Waals surface area (Å²) in [6.07, 6.45) is -0.0766. The second-order valence-corrected chi connectivity index (χ2v) is 4.02. The largest absolute Gasteiger partial charge is 0.462 e. The maximum atomic E-state index is 11.5. The van der Waals surface area contributed by atoms with Crippen LogP contribution in [0.2, 0.25) is 0 Å². The van der Waals surface area contributed by atoms with E-state index in [-0.39, 0.29) is 36.6 Å². The van der Waals surface area contributed by atoms with Crippen molar-refractivity contribution in [1.82, 2.24) is 10.6 Å². The number of alkyl carbamates (subject to hydrolysis) is 1. The molecule has 1 amide bonds. The maximum Gasteiger partial charge on any atom is 0.407 e. The number of carbonyl (C=O) groups excluding carboxylic acids is 2. The molecule has 0 aromatic carbocycles. The monoisotopic (exact) mass is 266 g/mol. The lowest BCUT2D eigenvalue weighted by atomic mass is 10.2. The van der Waals surface area contributed by atoms with Crippen LogP contribution in [0.3, 0.4) is 0 Å². The van der Waals surface area contributed by atoms with Crippen LogP contribution in [0.15, 0.2) is 0 Å². The Morgan fingerprint density at radius 2 is 2.06 bits per heavy atom. The summed E-state index contributed by atoms with van der Waals surface area (Å²) in [5.41, 5.74) is 0. The van der Waals surface area contributed by atoms with Crippen LogP contribution in [-0.4, -0.2) is 43.9 Å². The highest BCUT2D eigenvalue weighted by molar-refractivity contribution is 5.85. The molecule has 0 unspecified atom stereocenters. The Hall–Kier alpha value is -1.01. The molecule has 1 aliphatic heterocycles. The zero-order valence-electron chi connectivity index (χ0n) is 10.2. The first-order valence-electron chi connectivity index (χ1n) is 5.31. The third-order valence-corrected chi connectivity index (χ3v) is 2.27. The molecule has 0 bridgehead atoms. The topological polar surface area (TPSA) is 76.7 Å². The fourth-order valence-corrected chi connectivity index (χ4v) is 1.57. The fourth-order valence-electron chi connectivity index (χ4n) is 1.57. The van der Waals surface area contributed by atoms with E-state index in [2.05, 4.69) is 15.4 Å². The molecule has 1 heterocycles. The van der Waals surface area contributed by atoms with Crippen molar-refractivity contribution in [2.24, 2.45) is 0 Å². The number of hydrogen-bond donors (Lipinski definition) is 2. The van der Waals surface area contributed by atoms with E-state index in [0.29, 0.717) is 13.0 Å². The van der Waals surface area contributed by atoms with Gasteiger partial charge in [0.15, 0.2) is 0 Å². The minimum Gasteiger partial charge on any atom is -0.462 e. The van der Waals surface area contributed by atoms with Crippen molar-refractivity contribution >= 4 is 24.5 Å². The van der Waals surface area contributed by atoms with E-state index in [9.17, 15) is 9.59 Å². The SMILES string of the molecule is COC(=O)N[C@H]1CN[C@H](C(=O)OC(C)C)C1.Cl. The zero-order valence-corrected chi connectivity index (χ0v) is 11.0. The van der Waals surface area contributed by atoms with Crippen molar-refractivity contribution in [2.45, 2.75) is 38.5 Å². The smallest absolute Gasteiger partial charge is 0.407 e. The summed E-state index contributed by atoms with van der Waals surface area (Å²) in [4.78, 5) is 22.5. The highest BCUT2D eigenvalue weighted by atomic mass is 35.5. The lowest BCUT2D eigenvalue weighted by Gasteiger charge is -2.13. The van der Waals surface area contributed by atoms with E-state index in [1.807, 2.05) is 0 Å². The first kappa shape index (κ1) is 16.0. The van der Waals surface area contributed by atoms with E-state index in [1.54, 1.807) is 13.8 Å². The molecule has 6 nitrogen and oxygen atoms in total. The molecule has 0 aliphatic carbocycles. The summed E-state index contributed by atoms with van der Waals surface area (Å²) in [5.74, 6) is -0.274. The number of nitrogens with one attached hydrogen (secondary N) is 2. The van der Waals surface area contributed by atoms with Crippen molar-refractivity contribution in [3.8, 4) is 0 Å². The van der Waals surface area contributed by atoms with Gasteiger partial charge < -0.3 is 20.1 Å². The Morgan fingerprint density at radius 3 is 2.59 bits per heavy atom. The van der Waals surface area contributed by atoms with Crippen LogP contribution in [0.25, 0.3) is 0 Å². The predicted molar refractivity (Wildman–Crippen MR) is 64.2 cm³/mol. The Morgan fingerprint density at radius 1 is 1.41 bits per heavy atom. The minimum atomic E-state index is -0.482. The standard InChI is InChI=1S/C10H18N2O4.ClH/c1-6(2)16-9(13)8-4-7(5-11-8)12-10(14)15-3;/h6-8,11H,4-5H2,1-3H3,(H,12,14);1H/t7-,8+;/m1./s1. The van der Waals surface area contributed by atoms with E-state index in [4.69, 9.17) is 4.74 Å². The molecule has 2 atom stereocenters. The van der Waals surface area contributed by atoms with Crippen LogP contribution in [0.5, 0.6) is 0 Å². The summed E-state index contributed by atoms with van der Waals surface area (Å²) in [5, 5.41) is 5.63. The predicted octanol–water partition coefficient (Wildman–Crippen LogP) is 0.446. The number of amides is 1. The molecule has 0 aromatic rings. The van der Waals surface area contributed by atoms with Gasteiger partial charge in [-0.2, -0.15) is 0 Å². The summed E-state index contributed by atoms with van der Waals surface area (Å²) in [6, 6.07) is -0.429. The second-order valence-electron chi connectivity index (χ2n) is 4.02. The van der Waals surface area contributed by atoms with Gasteiger partial charge in [0.2, 0.25) is 0 Å². The molecule has 0 radical (unpaired) electrons. The summed E-state index contributed by atoms with van der Waals surface area (Å²) < 4.78 is 9.55. The van der Waals surface area contributed by atoms with E-state index in [1.165, 1.54) is 7.11 Å². The molecule has 2 N–H and O–H groups in total. The van der Waals surface area contributed by atoms with Gasteiger partial charge in [0, 0.05) is 12.6 Å². The molecule has 0 aromatic heterocycles. The molecule has 1 saturated heterocycles. The first-order chi connectivity index (χ1) is 7.52. The molecule has 100 valence electrons. The van der Waals surface area contributed by atoms with Gasteiger partial charge in [-0.3, -0.25) is 4.79 Å². The van der Waals surface area contributed by atoms with E-state index in [0.717, 1.165) is 0 Å². The minimum absolute atomic E-state index is 0. The van der Waals surface area contributed by atoms with Crippen LogP contribution in [-0.2, 0) is 14.3 Å². The van der Waals surface area contributed by atoms with Crippen molar-refractivity contribution in [3.05, 3.63) is 0 Å². The number of esters is 1. The first-order valence-corrected chi connectivity index (χ1v) is 5.31. The van der Waals surface area contributed by atoms with Gasteiger partial charge in [0.05, 0.1) is 13.2 Å². The molecule has 7 heteroatoms. The van der Waals surface area contributed by atoms with Gasteiger partial charge in [-0.1, -0.05) is 0 Å². The van der Waals surface area contributed by atoms with E-state index >= 15 is 0 Å². The number of methoxy groups -OCH3 is 1. The number of rotatable bonds is 3. The van der Waals surface area contributed by atoms with Crippen LogP contribution < -0.4 is 10.6 Å². The van der Waals surface area contributed by atoms with Crippen LogP contribution in [0.4, 0.5) is 4.79 Å². The third-order valence-electron chi connectivity index (χ3n) is 2.27. The van der Waals surface area contributed by atoms with Crippen LogP contribution in [0, 0.1) is 0 Å². The summed E-state index contributed by atoms with van der Waals surface area (Å²) in [6.45, 7) is 4.15. The lowest BCUT2D eigenvalue weighted by molar-refractivity contribution is -0.149. The van der Waals surface area contributed by atoms with Gasteiger partial charge in [-0.15, -0.1) is 12.4 Å². The lowest BCUT2D eigenvalue weighted by Crippen LogP contribution is -2.35. The average Bonchev–Trinajstić information content (AvgIpc) is 2.65. The van der Waals surface area contributed by atoms with Gasteiger partial charge >= 0.3 is 12.1 Å². The van der Waals surface area contributed by atoms with Crippen LogP contribution in [0.1, 0.15) is 20.3 Å². The van der Waals surface area contributed by atoms with Gasteiger partial charge in [-0.25, -0.2) is 4.79 Å². The third kappa shape index (κ3) is 5.23. The molecule has 0 spiro atoms. The highest BCUT2D eigenvalue weighted by Crippen LogP contribution is 2.09. The molecule has 1 aliphatic rings. The van der Waals surface area contributed by atoms with E-state index < -0.39 is 6.09 Å². The number of halogens is 1. The number of carbonyl (C=O) groups is 2. The van der Waals surface area contributed by atoms with Crippen molar-refractivity contribution in [1.29, 1.82) is 0 Å². The normalized spacial score (nSPS) is 22.8. The maximum absolute atomic E-state index is 11.5. The van der Waals surface area contributed by atoms with Crippen LogP contribution >= 0.6 is 12.4 Å². The Labute approximate surface area is 107 Å². The van der Waals surface area contributed by atoms with Crippen molar-refractivity contribution in [3.63, 3.8) is 0 Å². The highest BCUT2D eigenvalue weighted by Gasteiger charge is 2.31. The fraction of sp³-hybridized carbons (Fsp3) is 0.800. The second kappa shape index (κ2) is 7.34.